The fourth-order valence-electron chi connectivity index (χ4n) is 1.63. The molecule has 1 aromatic rings. The molecule has 18 heavy (non-hydrogen) atoms. The number of carbonyl (C=O) groups excluding carboxylic acids is 1. The SMILES string of the molecule is Cc1cc(C)c(C)c(OCCC(=O)NCC#N)c1. The number of ether oxygens (including phenoxy) is 1. The van der Waals surface area contributed by atoms with Gasteiger partial charge in [-0.1, -0.05) is 6.07 Å². The van der Waals surface area contributed by atoms with Gasteiger partial charge in [0.1, 0.15) is 12.3 Å². The van der Waals surface area contributed by atoms with Gasteiger partial charge in [-0.05, 0) is 43.5 Å². The number of hydrogen-bond acceptors (Lipinski definition) is 3. The lowest BCUT2D eigenvalue weighted by Crippen LogP contribution is -2.25. The summed E-state index contributed by atoms with van der Waals surface area (Å²) in [5.74, 6) is 0.652. The lowest BCUT2D eigenvalue weighted by atomic mass is 10.1. The lowest BCUT2D eigenvalue weighted by Gasteiger charge is -2.12. The van der Waals surface area contributed by atoms with E-state index in [9.17, 15) is 4.79 Å². The number of hydrogen-bond donors (Lipinski definition) is 1. The fraction of sp³-hybridized carbons (Fsp3) is 0.429. The summed E-state index contributed by atoms with van der Waals surface area (Å²) < 4.78 is 5.61. The average molecular weight is 246 g/mol. The second-order valence-electron chi connectivity index (χ2n) is 4.24. The molecular weight excluding hydrogens is 228 g/mol. The van der Waals surface area contributed by atoms with Gasteiger partial charge in [-0.2, -0.15) is 5.26 Å². The molecule has 4 nitrogen and oxygen atoms in total. The first-order chi connectivity index (χ1) is 8.54. The molecule has 1 rings (SSSR count). The highest BCUT2D eigenvalue weighted by Crippen LogP contribution is 2.23. The van der Waals surface area contributed by atoms with Crippen LogP contribution in [0.15, 0.2) is 12.1 Å². The molecule has 1 N–H and O–H groups in total. The van der Waals surface area contributed by atoms with Crippen molar-refractivity contribution in [1.82, 2.24) is 5.32 Å². The van der Waals surface area contributed by atoms with Crippen LogP contribution in [0.2, 0.25) is 0 Å². The summed E-state index contributed by atoms with van der Waals surface area (Å²) in [5, 5.41) is 10.8. The highest BCUT2D eigenvalue weighted by molar-refractivity contribution is 5.76. The van der Waals surface area contributed by atoms with Crippen LogP contribution in [0, 0.1) is 32.1 Å². The van der Waals surface area contributed by atoms with Gasteiger partial charge in [-0.25, -0.2) is 0 Å². The number of amides is 1. The van der Waals surface area contributed by atoms with Crippen molar-refractivity contribution >= 4 is 5.91 Å². The number of benzene rings is 1. The Morgan fingerprint density at radius 3 is 2.78 bits per heavy atom. The fourth-order valence-corrected chi connectivity index (χ4v) is 1.63. The molecule has 1 aromatic carbocycles. The van der Waals surface area contributed by atoms with Gasteiger partial charge in [0.15, 0.2) is 0 Å². The summed E-state index contributed by atoms with van der Waals surface area (Å²) in [5.41, 5.74) is 3.42. The Hall–Kier alpha value is -2.02. The second-order valence-corrected chi connectivity index (χ2v) is 4.24. The van der Waals surface area contributed by atoms with E-state index >= 15 is 0 Å². The third-order valence-corrected chi connectivity index (χ3v) is 2.72. The van der Waals surface area contributed by atoms with Crippen LogP contribution in [-0.4, -0.2) is 19.1 Å². The molecule has 0 bridgehead atoms. The number of nitrogens with zero attached hydrogens (tertiary/aromatic N) is 1. The summed E-state index contributed by atoms with van der Waals surface area (Å²) in [6, 6.07) is 5.92. The normalized spacial score (nSPS) is 9.67. The minimum absolute atomic E-state index is 0.0431. The minimum Gasteiger partial charge on any atom is -0.493 e. The van der Waals surface area contributed by atoms with Crippen molar-refractivity contribution in [2.75, 3.05) is 13.2 Å². The monoisotopic (exact) mass is 246 g/mol. The highest BCUT2D eigenvalue weighted by Gasteiger charge is 2.05. The predicted molar refractivity (Wildman–Crippen MR) is 69.4 cm³/mol. The van der Waals surface area contributed by atoms with Crippen LogP contribution >= 0.6 is 0 Å². The Labute approximate surface area is 108 Å². The highest BCUT2D eigenvalue weighted by atomic mass is 16.5. The van der Waals surface area contributed by atoms with Crippen LogP contribution < -0.4 is 10.1 Å². The number of aryl methyl sites for hydroxylation is 2. The van der Waals surface area contributed by atoms with Crippen LogP contribution in [0.5, 0.6) is 5.75 Å². The summed E-state index contributed by atoms with van der Waals surface area (Å²) in [7, 11) is 0. The van der Waals surface area contributed by atoms with Crippen molar-refractivity contribution in [3.63, 3.8) is 0 Å². The van der Waals surface area contributed by atoms with E-state index in [2.05, 4.69) is 11.4 Å². The maximum absolute atomic E-state index is 11.3. The molecule has 0 spiro atoms. The van der Waals surface area contributed by atoms with Gasteiger partial charge >= 0.3 is 0 Å². The Morgan fingerprint density at radius 1 is 1.39 bits per heavy atom. The molecule has 0 fully saturated rings. The first-order valence-electron chi connectivity index (χ1n) is 5.89. The zero-order chi connectivity index (χ0) is 13.5. The summed E-state index contributed by atoms with van der Waals surface area (Å²) in [6.07, 6.45) is 0.258. The molecule has 0 unspecified atom stereocenters. The van der Waals surface area contributed by atoms with Crippen molar-refractivity contribution in [2.45, 2.75) is 27.2 Å². The van der Waals surface area contributed by atoms with Gasteiger partial charge < -0.3 is 10.1 Å². The summed E-state index contributed by atoms with van der Waals surface area (Å²) in [4.78, 5) is 11.3. The van der Waals surface area contributed by atoms with Gasteiger partial charge in [0.25, 0.3) is 0 Å². The Kier molecular flexibility index (Phi) is 5.19. The van der Waals surface area contributed by atoms with E-state index in [4.69, 9.17) is 10.00 Å². The van der Waals surface area contributed by atoms with Crippen LogP contribution in [0.4, 0.5) is 0 Å². The molecule has 0 aliphatic rings. The molecule has 0 aromatic heterocycles. The number of carbonyl (C=O) groups is 1. The standard InChI is InChI=1S/C14H18N2O2/c1-10-8-11(2)12(3)13(9-10)18-7-4-14(17)16-6-5-15/h8-9H,4,6-7H2,1-3H3,(H,16,17). The molecule has 0 aliphatic carbocycles. The topological polar surface area (TPSA) is 62.1 Å². The first kappa shape index (κ1) is 14.0. The third kappa shape index (κ3) is 4.10. The lowest BCUT2D eigenvalue weighted by molar-refractivity contribution is -0.121. The van der Waals surface area contributed by atoms with Crippen molar-refractivity contribution < 1.29 is 9.53 Å². The summed E-state index contributed by atoms with van der Waals surface area (Å²) >= 11 is 0. The molecule has 0 saturated carbocycles. The molecule has 4 heteroatoms. The molecule has 0 heterocycles. The van der Waals surface area contributed by atoms with E-state index in [1.165, 1.54) is 5.56 Å². The number of rotatable bonds is 5. The maximum Gasteiger partial charge on any atom is 0.224 e. The van der Waals surface area contributed by atoms with E-state index in [1.54, 1.807) is 0 Å². The maximum atomic E-state index is 11.3. The smallest absolute Gasteiger partial charge is 0.224 e. The molecule has 0 radical (unpaired) electrons. The van der Waals surface area contributed by atoms with Gasteiger partial charge in [-0.15, -0.1) is 0 Å². The molecule has 0 atom stereocenters. The number of nitriles is 1. The van der Waals surface area contributed by atoms with Gasteiger partial charge in [-0.3, -0.25) is 4.79 Å². The zero-order valence-corrected chi connectivity index (χ0v) is 11.0. The van der Waals surface area contributed by atoms with E-state index < -0.39 is 0 Å². The number of nitrogens with one attached hydrogen (secondary N) is 1. The van der Waals surface area contributed by atoms with Crippen molar-refractivity contribution in [3.05, 3.63) is 28.8 Å². The van der Waals surface area contributed by atoms with E-state index in [0.717, 1.165) is 16.9 Å². The minimum atomic E-state index is -0.168. The van der Waals surface area contributed by atoms with Crippen LogP contribution in [0.25, 0.3) is 0 Å². The first-order valence-corrected chi connectivity index (χ1v) is 5.89. The van der Waals surface area contributed by atoms with E-state index in [-0.39, 0.29) is 18.9 Å². The molecular formula is C14H18N2O2. The molecule has 96 valence electrons. The van der Waals surface area contributed by atoms with Crippen molar-refractivity contribution in [3.8, 4) is 11.8 Å². The summed E-state index contributed by atoms with van der Waals surface area (Å²) in [6.45, 7) is 6.41. The zero-order valence-electron chi connectivity index (χ0n) is 11.0. The van der Waals surface area contributed by atoms with Crippen LogP contribution in [0.3, 0.4) is 0 Å². The Balaban J connectivity index is 2.49. The quantitative estimate of drug-likeness (QED) is 0.808. The molecule has 1 amide bonds. The largest absolute Gasteiger partial charge is 0.493 e. The third-order valence-electron chi connectivity index (χ3n) is 2.72. The van der Waals surface area contributed by atoms with Crippen molar-refractivity contribution in [2.24, 2.45) is 0 Å². The average Bonchev–Trinajstić information content (AvgIpc) is 2.32. The Bertz CT molecular complexity index is 475. The molecule has 0 aliphatic heterocycles. The van der Waals surface area contributed by atoms with Gasteiger partial charge in [0.05, 0.1) is 19.1 Å². The van der Waals surface area contributed by atoms with Crippen molar-refractivity contribution in [1.29, 1.82) is 5.26 Å². The van der Waals surface area contributed by atoms with E-state index in [1.807, 2.05) is 32.9 Å². The molecule has 0 saturated heterocycles. The van der Waals surface area contributed by atoms with Gasteiger partial charge in [0, 0.05) is 0 Å². The van der Waals surface area contributed by atoms with Gasteiger partial charge in [0.2, 0.25) is 5.91 Å². The van der Waals surface area contributed by atoms with Crippen LogP contribution in [-0.2, 0) is 4.79 Å². The van der Waals surface area contributed by atoms with Crippen LogP contribution in [0.1, 0.15) is 23.1 Å². The van der Waals surface area contributed by atoms with E-state index in [0.29, 0.717) is 6.61 Å². The Morgan fingerprint density at radius 2 is 2.11 bits per heavy atom. The predicted octanol–water partition coefficient (Wildman–Crippen LogP) is 2.02. The second kappa shape index (κ2) is 6.65.